The van der Waals surface area contributed by atoms with Crippen LogP contribution in [0.3, 0.4) is 0 Å². The average molecular weight is 341 g/mol. The van der Waals surface area contributed by atoms with E-state index < -0.39 is 15.6 Å². The van der Waals surface area contributed by atoms with Crippen molar-refractivity contribution >= 4 is 37.6 Å². The monoisotopic (exact) mass is 339 g/mol. The Morgan fingerprint density at radius 2 is 1.94 bits per heavy atom. The van der Waals surface area contributed by atoms with Crippen LogP contribution in [0.1, 0.15) is 26.3 Å². The highest BCUT2D eigenvalue weighted by atomic mass is 79.9. The molecular formula is C11H15BrClNO2S. The number of hydrogen-bond acceptors (Lipinski definition) is 2. The Balaban J connectivity index is 3.13. The van der Waals surface area contributed by atoms with E-state index in [1.807, 2.05) is 0 Å². The van der Waals surface area contributed by atoms with Gasteiger partial charge in [-0.05, 0) is 38.5 Å². The number of rotatable bonds is 3. The van der Waals surface area contributed by atoms with E-state index in [9.17, 15) is 8.42 Å². The molecule has 96 valence electrons. The van der Waals surface area contributed by atoms with Crippen LogP contribution in [0.5, 0.6) is 0 Å². The van der Waals surface area contributed by atoms with E-state index >= 15 is 0 Å². The van der Waals surface area contributed by atoms with Gasteiger partial charge in [0.25, 0.3) is 0 Å². The molecule has 0 radical (unpaired) electrons. The topological polar surface area (TPSA) is 46.2 Å². The quantitative estimate of drug-likeness (QED) is 0.858. The van der Waals surface area contributed by atoms with E-state index in [0.717, 1.165) is 5.56 Å². The summed E-state index contributed by atoms with van der Waals surface area (Å²) < 4.78 is 26.6. The lowest BCUT2D eigenvalue weighted by atomic mass is 10.1. The normalized spacial score (nSPS) is 12.8. The maximum Gasteiger partial charge on any atom is 0.241 e. The number of hydrogen-bond donors (Lipinski definition) is 1. The number of nitrogens with one attached hydrogen (secondary N) is 1. The van der Waals surface area contributed by atoms with E-state index in [0.29, 0.717) is 10.4 Å². The summed E-state index contributed by atoms with van der Waals surface area (Å²) in [7, 11) is -3.52. The van der Waals surface area contributed by atoms with Crippen LogP contribution in [-0.2, 0) is 15.4 Å². The van der Waals surface area contributed by atoms with Gasteiger partial charge in [0.15, 0.2) is 0 Å². The molecule has 0 aliphatic carbocycles. The highest BCUT2D eigenvalue weighted by molar-refractivity contribution is 9.08. The van der Waals surface area contributed by atoms with Crippen molar-refractivity contribution in [3.8, 4) is 0 Å². The van der Waals surface area contributed by atoms with Crippen LogP contribution in [0.15, 0.2) is 23.1 Å². The fraction of sp³-hybridized carbons (Fsp3) is 0.455. The Kier molecular flexibility index (Phi) is 4.63. The van der Waals surface area contributed by atoms with Crippen molar-refractivity contribution in [3.05, 3.63) is 28.8 Å². The van der Waals surface area contributed by atoms with Gasteiger partial charge in [-0.2, -0.15) is 0 Å². The van der Waals surface area contributed by atoms with Gasteiger partial charge in [-0.3, -0.25) is 0 Å². The molecular weight excluding hydrogens is 326 g/mol. The molecule has 1 rings (SSSR count). The fourth-order valence-electron chi connectivity index (χ4n) is 1.27. The molecule has 3 nitrogen and oxygen atoms in total. The summed E-state index contributed by atoms with van der Waals surface area (Å²) in [6.45, 7) is 5.37. The fourth-order valence-corrected chi connectivity index (χ4v) is 3.67. The Bertz CT molecular complexity index is 509. The largest absolute Gasteiger partial charge is 0.241 e. The molecule has 0 saturated carbocycles. The molecule has 0 heterocycles. The molecule has 0 spiro atoms. The van der Waals surface area contributed by atoms with Gasteiger partial charge in [-0.1, -0.05) is 33.6 Å². The molecule has 0 aliphatic heterocycles. The first-order valence-electron chi connectivity index (χ1n) is 5.04. The van der Waals surface area contributed by atoms with Crippen molar-refractivity contribution in [3.63, 3.8) is 0 Å². The van der Waals surface area contributed by atoms with Gasteiger partial charge in [-0.25, -0.2) is 13.1 Å². The third-order valence-corrected chi connectivity index (χ3v) is 4.63. The minimum Gasteiger partial charge on any atom is -0.207 e. The van der Waals surface area contributed by atoms with Crippen molar-refractivity contribution in [2.75, 3.05) is 0 Å². The lowest BCUT2D eigenvalue weighted by Crippen LogP contribution is -2.40. The van der Waals surface area contributed by atoms with Crippen LogP contribution >= 0.6 is 27.5 Å². The van der Waals surface area contributed by atoms with Gasteiger partial charge < -0.3 is 0 Å². The van der Waals surface area contributed by atoms with Gasteiger partial charge >= 0.3 is 0 Å². The van der Waals surface area contributed by atoms with Crippen molar-refractivity contribution in [2.24, 2.45) is 0 Å². The highest BCUT2D eigenvalue weighted by Gasteiger charge is 2.22. The maximum atomic E-state index is 12.0. The number of benzene rings is 1. The molecule has 1 aromatic rings. The molecule has 0 unspecified atom stereocenters. The maximum absolute atomic E-state index is 12.0. The summed E-state index contributed by atoms with van der Waals surface area (Å²) in [5.74, 6) is 0. The van der Waals surface area contributed by atoms with E-state index in [1.165, 1.54) is 6.07 Å². The molecule has 0 atom stereocenters. The first kappa shape index (κ1) is 15.0. The van der Waals surface area contributed by atoms with Gasteiger partial charge in [0, 0.05) is 15.9 Å². The summed E-state index contributed by atoms with van der Waals surface area (Å²) in [5.41, 5.74) is 0.348. The molecule has 6 heteroatoms. The lowest BCUT2D eigenvalue weighted by Gasteiger charge is -2.20. The molecule has 0 amide bonds. The molecule has 0 saturated heterocycles. The van der Waals surface area contributed by atoms with Gasteiger partial charge in [0.05, 0.1) is 4.90 Å². The molecule has 1 aromatic carbocycles. The van der Waals surface area contributed by atoms with Crippen molar-refractivity contribution in [1.29, 1.82) is 0 Å². The minimum atomic E-state index is -3.52. The standard InChI is InChI=1S/C11H15BrClNO2S/c1-11(2,3)14-17(15,16)9-5-4-8(7-12)10(13)6-9/h4-6,14H,7H2,1-3H3. The second-order valence-electron chi connectivity index (χ2n) is 4.74. The Hall–Kier alpha value is -0.100. The van der Waals surface area contributed by atoms with E-state index in [4.69, 9.17) is 11.6 Å². The smallest absolute Gasteiger partial charge is 0.207 e. The highest BCUT2D eigenvalue weighted by Crippen LogP contribution is 2.23. The molecule has 0 aliphatic rings. The minimum absolute atomic E-state index is 0.183. The zero-order chi connectivity index (χ0) is 13.3. The van der Waals surface area contributed by atoms with Crippen LogP contribution in [-0.4, -0.2) is 14.0 Å². The van der Waals surface area contributed by atoms with Crippen molar-refractivity contribution in [1.82, 2.24) is 4.72 Å². The van der Waals surface area contributed by atoms with E-state index in [1.54, 1.807) is 32.9 Å². The van der Waals surface area contributed by atoms with Crippen molar-refractivity contribution < 1.29 is 8.42 Å². The summed E-state index contributed by atoms with van der Waals surface area (Å²) in [6, 6.07) is 4.72. The Morgan fingerprint density at radius 1 is 1.35 bits per heavy atom. The summed E-state index contributed by atoms with van der Waals surface area (Å²) in [5, 5.41) is 1.04. The zero-order valence-electron chi connectivity index (χ0n) is 9.92. The second-order valence-corrected chi connectivity index (χ2v) is 7.39. The number of halogens is 2. The Morgan fingerprint density at radius 3 is 2.35 bits per heavy atom. The van der Waals surface area contributed by atoms with Gasteiger partial charge in [0.2, 0.25) is 10.0 Å². The molecule has 0 aromatic heterocycles. The first-order chi connectivity index (χ1) is 7.65. The lowest BCUT2D eigenvalue weighted by molar-refractivity contribution is 0.491. The predicted octanol–water partition coefficient (Wildman–Crippen LogP) is 3.31. The third-order valence-electron chi connectivity index (χ3n) is 1.92. The third kappa shape index (κ3) is 4.25. The molecule has 0 bridgehead atoms. The molecule has 17 heavy (non-hydrogen) atoms. The molecule has 1 N–H and O–H groups in total. The Labute approximate surface area is 116 Å². The summed E-state index contributed by atoms with van der Waals surface area (Å²) in [4.78, 5) is 0.183. The SMILES string of the molecule is CC(C)(C)NS(=O)(=O)c1ccc(CBr)c(Cl)c1. The van der Waals surface area contributed by atoms with Crippen LogP contribution in [0.2, 0.25) is 5.02 Å². The second kappa shape index (κ2) is 5.26. The predicted molar refractivity (Wildman–Crippen MR) is 74.2 cm³/mol. The van der Waals surface area contributed by atoms with E-state index in [-0.39, 0.29) is 4.90 Å². The van der Waals surface area contributed by atoms with Gasteiger partial charge in [-0.15, -0.1) is 0 Å². The van der Waals surface area contributed by atoms with Crippen LogP contribution in [0.4, 0.5) is 0 Å². The number of alkyl halides is 1. The van der Waals surface area contributed by atoms with Crippen LogP contribution < -0.4 is 4.72 Å². The first-order valence-corrected chi connectivity index (χ1v) is 8.02. The summed E-state index contributed by atoms with van der Waals surface area (Å²) in [6.07, 6.45) is 0. The van der Waals surface area contributed by atoms with Gasteiger partial charge in [0.1, 0.15) is 0 Å². The molecule has 0 fully saturated rings. The average Bonchev–Trinajstić information content (AvgIpc) is 2.13. The van der Waals surface area contributed by atoms with Crippen LogP contribution in [0, 0.1) is 0 Å². The number of sulfonamides is 1. The van der Waals surface area contributed by atoms with E-state index in [2.05, 4.69) is 20.7 Å². The van der Waals surface area contributed by atoms with Crippen molar-refractivity contribution in [2.45, 2.75) is 36.5 Å². The van der Waals surface area contributed by atoms with Crippen LogP contribution in [0.25, 0.3) is 0 Å². The summed E-state index contributed by atoms with van der Waals surface area (Å²) >= 11 is 9.27. The zero-order valence-corrected chi connectivity index (χ0v) is 13.1.